The van der Waals surface area contributed by atoms with Crippen molar-refractivity contribution in [3.63, 3.8) is 0 Å². The van der Waals surface area contributed by atoms with Gasteiger partial charge in [-0.1, -0.05) is 44.0 Å². The molecule has 2 aliphatic heterocycles. The van der Waals surface area contributed by atoms with E-state index >= 15 is 0 Å². The lowest BCUT2D eigenvalue weighted by Crippen LogP contribution is -2.34. The van der Waals surface area contributed by atoms with Crippen molar-refractivity contribution in [1.82, 2.24) is 14.4 Å². The molecule has 0 N–H and O–H groups in total. The molecule has 0 aliphatic carbocycles. The van der Waals surface area contributed by atoms with Gasteiger partial charge in [-0.3, -0.25) is 19.3 Å². The van der Waals surface area contributed by atoms with Crippen LogP contribution >= 0.6 is 11.8 Å². The molecule has 2 saturated heterocycles. The summed E-state index contributed by atoms with van der Waals surface area (Å²) in [6.07, 6.45) is 10.6. The van der Waals surface area contributed by atoms with Crippen molar-refractivity contribution in [1.29, 1.82) is 0 Å². The van der Waals surface area contributed by atoms with Crippen molar-refractivity contribution in [2.45, 2.75) is 45.6 Å². The van der Waals surface area contributed by atoms with Crippen molar-refractivity contribution in [2.75, 3.05) is 19.6 Å². The number of nitrogens with zero attached hydrogens (tertiary/aromatic N) is 3. The average Bonchev–Trinajstić information content (AvgIpc) is 3.11. The highest BCUT2D eigenvalue weighted by Gasteiger charge is 2.34. The SMILES string of the molecule is C=CCN1C(=O)S/C(=C\c2cn(CC(=O)N3CCCCCC3)c3c(CC)cccc23)C1=O. The van der Waals surface area contributed by atoms with Crippen LogP contribution < -0.4 is 0 Å². The molecule has 1 aromatic carbocycles. The summed E-state index contributed by atoms with van der Waals surface area (Å²) in [5.74, 6) is -0.166. The van der Waals surface area contributed by atoms with Gasteiger partial charge >= 0.3 is 0 Å². The van der Waals surface area contributed by atoms with E-state index in [1.165, 1.54) is 17.7 Å². The first-order chi connectivity index (χ1) is 15.5. The van der Waals surface area contributed by atoms with Gasteiger partial charge in [-0.2, -0.15) is 0 Å². The van der Waals surface area contributed by atoms with E-state index in [1.807, 2.05) is 27.8 Å². The van der Waals surface area contributed by atoms with Crippen LogP contribution in [0.2, 0.25) is 0 Å². The first-order valence-electron chi connectivity index (χ1n) is 11.3. The molecule has 0 radical (unpaired) electrons. The number of para-hydroxylation sites is 1. The van der Waals surface area contributed by atoms with Crippen LogP contribution in [0.3, 0.4) is 0 Å². The second-order valence-corrected chi connectivity index (χ2v) is 9.25. The molecule has 0 atom stereocenters. The third-order valence-corrected chi connectivity index (χ3v) is 7.04. The molecule has 32 heavy (non-hydrogen) atoms. The van der Waals surface area contributed by atoms with Gasteiger partial charge in [0.15, 0.2) is 0 Å². The monoisotopic (exact) mass is 451 g/mol. The Bertz CT molecular complexity index is 1090. The molecular weight excluding hydrogens is 422 g/mol. The number of aromatic nitrogens is 1. The second-order valence-electron chi connectivity index (χ2n) is 8.26. The molecule has 6 nitrogen and oxygen atoms in total. The van der Waals surface area contributed by atoms with Crippen LogP contribution in [0.1, 0.15) is 43.7 Å². The highest BCUT2D eigenvalue weighted by molar-refractivity contribution is 8.18. The fraction of sp³-hybridized carbons (Fsp3) is 0.400. The van der Waals surface area contributed by atoms with E-state index < -0.39 is 0 Å². The maximum absolute atomic E-state index is 13.1. The number of hydrogen-bond acceptors (Lipinski definition) is 4. The molecule has 2 aromatic rings. The fourth-order valence-electron chi connectivity index (χ4n) is 4.48. The maximum Gasteiger partial charge on any atom is 0.293 e. The van der Waals surface area contributed by atoms with Crippen LogP contribution in [0, 0.1) is 0 Å². The fourth-order valence-corrected chi connectivity index (χ4v) is 5.32. The number of thioether (sulfide) groups is 1. The van der Waals surface area contributed by atoms with Crippen LogP contribution in [0.25, 0.3) is 17.0 Å². The summed E-state index contributed by atoms with van der Waals surface area (Å²) in [5, 5.41) is 0.707. The van der Waals surface area contributed by atoms with E-state index in [0.717, 1.165) is 66.1 Å². The van der Waals surface area contributed by atoms with Gasteiger partial charge in [0.25, 0.3) is 11.1 Å². The molecule has 4 rings (SSSR count). The van der Waals surface area contributed by atoms with Gasteiger partial charge in [-0.15, -0.1) is 6.58 Å². The van der Waals surface area contributed by atoms with Crippen molar-refractivity contribution in [3.8, 4) is 0 Å². The van der Waals surface area contributed by atoms with Crippen molar-refractivity contribution < 1.29 is 14.4 Å². The third-order valence-electron chi connectivity index (χ3n) is 6.13. The lowest BCUT2D eigenvalue weighted by molar-refractivity contribution is -0.131. The quantitative estimate of drug-likeness (QED) is 0.466. The molecule has 2 fully saturated rings. The summed E-state index contributed by atoms with van der Waals surface area (Å²) >= 11 is 0.950. The Morgan fingerprint density at radius 3 is 2.59 bits per heavy atom. The number of benzene rings is 1. The molecule has 1 aromatic heterocycles. The molecule has 0 bridgehead atoms. The zero-order valence-corrected chi connectivity index (χ0v) is 19.3. The van der Waals surface area contributed by atoms with Crippen LogP contribution in [-0.2, 0) is 22.6 Å². The van der Waals surface area contributed by atoms with Gasteiger partial charge in [-0.05, 0) is 42.7 Å². The van der Waals surface area contributed by atoms with Crippen molar-refractivity contribution in [2.24, 2.45) is 0 Å². The predicted molar refractivity (Wildman–Crippen MR) is 129 cm³/mol. The highest BCUT2D eigenvalue weighted by Crippen LogP contribution is 2.35. The van der Waals surface area contributed by atoms with Crippen LogP contribution in [0.5, 0.6) is 0 Å². The Hall–Kier alpha value is -2.80. The summed E-state index contributed by atoms with van der Waals surface area (Å²) in [7, 11) is 0. The van der Waals surface area contributed by atoms with Crippen LogP contribution in [-0.4, -0.2) is 51.1 Å². The molecular formula is C25H29N3O3S. The minimum absolute atomic E-state index is 0.132. The molecule has 3 amide bonds. The lowest BCUT2D eigenvalue weighted by atomic mass is 10.1. The topological polar surface area (TPSA) is 62.6 Å². The van der Waals surface area contributed by atoms with Gasteiger partial charge in [0.2, 0.25) is 5.91 Å². The van der Waals surface area contributed by atoms with Gasteiger partial charge < -0.3 is 9.47 Å². The number of hydrogen-bond donors (Lipinski definition) is 0. The number of fused-ring (bicyclic) bond motifs is 1. The van der Waals surface area contributed by atoms with Gasteiger partial charge in [0, 0.05) is 36.8 Å². The first-order valence-corrected chi connectivity index (χ1v) is 12.1. The van der Waals surface area contributed by atoms with Gasteiger partial charge in [0.1, 0.15) is 6.54 Å². The van der Waals surface area contributed by atoms with Gasteiger partial charge in [0.05, 0.1) is 10.4 Å². The molecule has 168 valence electrons. The van der Waals surface area contributed by atoms with E-state index in [4.69, 9.17) is 0 Å². The lowest BCUT2D eigenvalue weighted by Gasteiger charge is -2.21. The highest BCUT2D eigenvalue weighted by atomic mass is 32.2. The number of aryl methyl sites for hydroxylation is 1. The summed E-state index contributed by atoms with van der Waals surface area (Å²) < 4.78 is 2.02. The summed E-state index contributed by atoms with van der Waals surface area (Å²) in [6, 6.07) is 6.10. The van der Waals surface area contributed by atoms with E-state index in [9.17, 15) is 14.4 Å². The molecule has 0 spiro atoms. The summed E-state index contributed by atoms with van der Waals surface area (Å²) in [6.45, 7) is 7.85. The maximum atomic E-state index is 13.1. The van der Waals surface area contributed by atoms with Crippen molar-refractivity contribution >= 4 is 45.8 Å². The molecule has 7 heteroatoms. The molecule has 0 saturated carbocycles. The first kappa shape index (κ1) is 22.4. The van der Waals surface area contributed by atoms with E-state index in [2.05, 4.69) is 19.6 Å². The smallest absolute Gasteiger partial charge is 0.293 e. The Labute approximate surface area is 192 Å². The zero-order valence-electron chi connectivity index (χ0n) is 18.5. The van der Waals surface area contributed by atoms with E-state index in [-0.39, 0.29) is 30.1 Å². The second kappa shape index (κ2) is 9.77. The normalized spacial score (nSPS) is 18.6. The van der Waals surface area contributed by atoms with Crippen LogP contribution in [0.4, 0.5) is 4.79 Å². The van der Waals surface area contributed by atoms with E-state index in [1.54, 1.807) is 12.2 Å². The zero-order chi connectivity index (χ0) is 22.7. The summed E-state index contributed by atoms with van der Waals surface area (Å²) in [5.41, 5.74) is 3.03. The number of rotatable bonds is 6. The van der Waals surface area contributed by atoms with E-state index in [0.29, 0.717) is 4.91 Å². The standard InChI is InChI=1S/C25H29N3O3S/c1-3-12-28-24(30)21(32-25(28)31)15-19-16-27(23-18(4-2)10-9-11-20(19)23)17-22(29)26-13-7-5-6-8-14-26/h3,9-11,15-16H,1,4-8,12-14,17H2,2H3/b21-15-. The third kappa shape index (κ3) is 4.39. The Balaban J connectivity index is 1.70. The minimum Gasteiger partial charge on any atom is -0.341 e. The van der Waals surface area contributed by atoms with Gasteiger partial charge in [-0.25, -0.2) is 0 Å². The number of imide groups is 1. The number of carbonyl (C=O) groups is 3. The molecule has 0 unspecified atom stereocenters. The number of likely N-dealkylation sites (tertiary alicyclic amines) is 1. The van der Waals surface area contributed by atoms with Crippen LogP contribution in [0.15, 0.2) is 42.0 Å². The largest absolute Gasteiger partial charge is 0.341 e. The Kier molecular flexibility index (Phi) is 6.84. The Morgan fingerprint density at radius 1 is 1.16 bits per heavy atom. The minimum atomic E-state index is -0.298. The average molecular weight is 452 g/mol. The predicted octanol–water partition coefficient (Wildman–Crippen LogP) is 4.83. The molecule has 3 heterocycles. The summed E-state index contributed by atoms with van der Waals surface area (Å²) in [4.78, 5) is 41.6. The number of carbonyl (C=O) groups excluding carboxylic acids is 3. The Morgan fingerprint density at radius 2 is 1.91 bits per heavy atom. The van der Waals surface area contributed by atoms with Crippen molar-refractivity contribution in [3.05, 3.63) is 53.1 Å². The molecule has 2 aliphatic rings. The number of amides is 3.